The van der Waals surface area contributed by atoms with E-state index in [0.29, 0.717) is 0 Å². The van der Waals surface area contributed by atoms with Gasteiger partial charge in [0.2, 0.25) is 11.8 Å². The van der Waals surface area contributed by atoms with E-state index >= 15 is 0 Å². The fourth-order valence-electron chi connectivity index (χ4n) is 3.70. The zero-order valence-corrected chi connectivity index (χ0v) is 16.1. The summed E-state index contributed by atoms with van der Waals surface area (Å²) in [5.41, 5.74) is 1.76. The number of aromatic nitrogens is 2. The topological polar surface area (TPSA) is 67.2 Å². The first-order chi connectivity index (χ1) is 13.0. The molecule has 0 aliphatic carbocycles. The molecule has 1 saturated heterocycles. The molecule has 1 aromatic carbocycles. The standard InChI is InChI=1S/C21H28N4O2/c1-16-7-3-4-9-19(16)23-20(26)15-21(27)25-12-6-5-8-18(25)10-13-24-14-11-22-17(24)2/h3-4,7,9,11,14,18H,5-6,8,10,12-13,15H2,1-2H3,(H,23,26)/t18-/m1/s1. The van der Waals surface area contributed by atoms with Gasteiger partial charge in [-0.2, -0.15) is 0 Å². The third-order valence-corrected chi connectivity index (χ3v) is 5.31. The lowest BCUT2D eigenvalue weighted by Crippen LogP contribution is -2.45. The molecule has 0 saturated carbocycles. The molecular formula is C21H28N4O2. The number of benzene rings is 1. The quantitative estimate of drug-likeness (QED) is 0.796. The molecule has 0 spiro atoms. The Morgan fingerprint density at radius 1 is 1.22 bits per heavy atom. The number of imidazole rings is 1. The number of carbonyl (C=O) groups is 2. The van der Waals surface area contributed by atoms with Crippen LogP contribution in [-0.2, 0) is 16.1 Å². The molecule has 3 rings (SSSR count). The minimum absolute atomic E-state index is 0.0758. The van der Waals surface area contributed by atoms with Crippen molar-refractivity contribution in [3.8, 4) is 0 Å². The number of rotatable bonds is 6. The van der Waals surface area contributed by atoms with Gasteiger partial charge in [0.25, 0.3) is 0 Å². The van der Waals surface area contributed by atoms with Crippen molar-refractivity contribution in [2.75, 3.05) is 11.9 Å². The molecule has 27 heavy (non-hydrogen) atoms. The van der Waals surface area contributed by atoms with Gasteiger partial charge in [0.1, 0.15) is 12.2 Å². The van der Waals surface area contributed by atoms with Gasteiger partial charge in [0, 0.05) is 37.2 Å². The predicted octanol–water partition coefficient (Wildman–Crippen LogP) is 3.30. The van der Waals surface area contributed by atoms with Crippen LogP contribution >= 0.6 is 0 Å². The van der Waals surface area contributed by atoms with Crippen molar-refractivity contribution in [3.05, 3.63) is 48.0 Å². The van der Waals surface area contributed by atoms with E-state index in [4.69, 9.17) is 0 Å². The number of hydrogen-bond acceptors (Lipinski definition) is 3. The van der Waals surface area contributed by atoms with Gasteiger partial charge >= 0.3 is 0 Å². The maximum Gasteiger partial charge on any atom is 0.233 e. The molecule has 1 aliphatic heterocycles. The second-order valence-electron chi connectivity index (χ2n) is 7.23. The highest BCUT2D eigenvalue weighted by Crippen LogP contribution is 2.22. The highest BCUT2D eigenvalue weighted by Gasteiger charge is 2.27. The van der Waals surface area contributed by atoms with Crippen LogP contribution in [-0.4, -0.2) is 38.9 Å². The molecule has 6 heteroatoms. The van der Waals surface area contributed by atoms with Gasteiger partial charge in [-0.05, 0) is 51.2 Å². The minimum Gasteiger partial charge on any atom is -0.339 e. The Bertz CT molecular complexity index is 799. The summed E-state index contributed by atoms with van der Waals surface area (Å²) in [6.45, 7) is 5.51. The van der Waals surface area contributed by atoms with Crippen molar-refractivity contribution in [1.82, 2.24) is 14.5 Å². The highest BCUT2D eigenvalue weighted by molar-refractivity contribution is 6.03. The predicted molar refractivity (Wildman–Crippen MR) is 105 cm³/mol. The molecule has 2 amide bonds. The van der Waals surface area contributed by atoms with Crippen molar-refractivity contribution in [3.63, 3.8) is 0 Å². The minimum atomic E-state index is -0.246. The summed E-state index contributed by atoms with van der Waals surface area (Å²) in [6, 6.07) is 7.80. The van der Waals surface area contributed by atoms with Crippen molar-refractivity contribution in [2.45, 2.75) is 58.5 Å². The van der Waals surface area contributed by atoms with E-state index in [0.717, 1.165) is 55.8 Å². The molecular weight excluding hydrogens is 340 g/mol. The highest BCUT2D eigenvalue weighted by atomic mass is 16.2. The SMILES string of the molecule is Cc1ccccc1NC(=O)CC(=O)N1CCCC[C@@H]1CCn1ccnc1C. The van der Waals surface area contributed by atoms with Crippen LogP contribution in [0.4, 0.5) is 5.69 Å². The first kappa shape index (κ1) is 19.1. The van der Waals surface area contributed by atoms with E-state index in [-0.39, 0.29) is 24.3 Å². The summed E-state index contributed by atoms with van der Waals surface area (Å²) < 4.78 is 2.11. The number of piperidine rings is 1. The van der Waals surface area contributed by atoms with Gasteiger partial charge in [-0.25, -0.2) is 4.98 Å². The van der Waals surface area contributed by atoms with E-state index < -0.39 is 0 Å². The molecule has 0 unspecified atom stereocenters. The third-order valence-electron chi connectivity index (χ3n) is 5.31. The van der Waals surface area contributed by atoms with Crippen LogP contribution in [0.5, 0.6) is 0 Å². The number of hydrogen-bond donors (Lipinski definition) is 1. The van der Waals surface area contributed by atoms with Gasteiger partial charge in [-0.15, -0.1) is 0 Å². The Balaban J connectivity index is 1.57. The molecule has 0 bridgehead atoms. The zero-order valence-electron chi connectivity index (χ0n) is 16.1. The van der Waals surface area contributed by atoms with E-state index in [2.05, 4.69) is 14.9 Å². The van der Waals surface area contributed by atoms with Gasteiger partial charge < -0.3 is 14.8 Å². The summed E-state index contributed by atoms with van der Waals surface area (Å²) in [6.07, 6.45) is 7.70. The summed E-state index contributed by atoms with van der Waals surface area (Å²) in [5.74, 6) is 0.665. The number of amides is 2. The first-order valence-electron chi connectivity index (χ1n) is 9.67. The Morgan fingerprint density at radius 3 is 2.78 bits per heavy atom. The van der Waals surface area contributed by atoms with Crippen LogP contribution in [0.3, 0.4) is 0 Å². The van der Waals surface area contributed by atoms with Crippen LogP contribution < -0.4 is 5.32 Å². The Labute approximate surface area is 160 Å². The van der Waals surface area contributed by atoms with Gasteiger partial charge in [-0.3, -0.25) is 9.59 Å². The Morgan fingerprint density at radius 2 is 2.04 bits per heavy atom. The van der Waals surface area contributed by atoms with Crippen molar-refractivity contribution < 1.29 is 9.59 Å². The van der Waals surface area contributed by atoms with Gasteiger partial charge in [0.15, 0.2) is 0 Å². The number of likely N-dealkylation sites (tertiary alicyclic amines) is 1. The second kappa shape index (κ2) is 8.84. The van der Waals surface area contributed by atoms with Crippen LogP contribution in [0.2, 0.25) is 0 Å². The summed E-state index contributed by atoms with van der Waals surface area (Å²) in [5, 5.41) is 2.86. The molecule has 1 aliphatic rings. The van der Waals surface area contributed by atoms with Gasteiger partial charge in [0.05, 0.1) is 0 Å². The van der Waals surface area contributed by atoms with E-state index in [1.807, 2.05) is 49.2 Å². The van der Waals surface area contributed by atoms with E-state index in [9.17, 15) is 9.59 Å². The number of nitrogens with zero attached hydrogens (tertiary/aromatic N) is 3. The average molecular weight is 368 g/mol. The average Bonchev–Trinajstić information content (AvgIpc) is 3.07. The molecule has 2 heterocycles. The van der Waals surface area contributed by atoms with Crippen LogP contribution in [0, 0.1) is 13.8 Å². The van der Waals surface area contributed by atoms with Gasteiger partial charge in [-0.1, -0.05) is 18.2 Å². The molecule has 144 valence electrons. The number of carbonyl (C=O) groups excluding carboxylic acids is 2. The number of para-hydroxylation sites is 1. The zero-order chi connectivity index (χ0) is 19.2. The lowest BCUT2D eigenvalue weighted by Gasteiger charge is -2.36. The molecule has 1 atom stereocenters. The lowest BCUT2D eigenvalue weighted by molar-refractivity contribution is -0.137. The monoisotopic (exact) mass is 368 g/mol. The van der Waals surface area contributed by atoms with E-state index in [1.54, 1.807) is 6.20 Å². The molecule has 1 N–H and O–H groups in total. The van der Waals surface area contributed by atoms with E-state index in [1.165, 1.54) is 0 Å². The fourth-order valence-corrected chi connectivity index (χ4v) is 3.70. The van der Waals surface area contributed by atoms with Crippen LogP contribution in [0.1, 0.15) is 43.5 Å². The van der Waals surface area contributed by atoms with Crippen LogP contribution in [0.15, 0.2) is 36.7 Å². The van der Waals surface area contributed by atoms with Crippen LogP contribution in [0.25, 0.3) is 0 Å². The molecule has 6 nitrogen and oxygen atoms in total. The molecule has 1 fully saturated rings. The molecule has 1 aromatic heterocycles. The number of nitrogens with one attached hydrogen (secondary N) is 1. The smallest absolute Gasteiger partial charge is 0.233 e. The molecule has 2 aromatic rings. The third kappa shape index (κ3) is 4.96. The number of anilines is 1. The summed E-state index contributed by atoms with van der Waals surface area (Å²) in [4.78, 5) is 31.3. The maximum atomic E-state index is 12.8. The maximum absolute atomic E-state index is 12.8. The first-order valence-corrected chi connectivity index (χ1v) is 9.67. The second-order valence-corrected chi connectivity index (χ2v) is 7.23. The summed E-state index contributed by atoms with van der Waals surface area (Å²) in [7, 11) is 0. The normalized spacial score (nSPS) is 17.0. The largest absolute Gasteiger partial charge is 0.339 e. The van der Waals surface area contributed by atoms with Crippen molar-refractivity contribution in [1.29, 1.82) is 0 Å². The lowest BCUT2D eigenvalue weighted by atomic mass is 9.98. The molecule has 0 radical (unpaired) electrons. The Kier molecular flexibility index (Phi) is 6.27. The summed E-state index contributed by atoms with van der Waals surface area (Å²) >= 11 is 0. The van der Waals surface area contributed by atoms with Crippen molar-refractivity contribution >= 4 is 17.5 Å². The fraction of sp³-hybridized carbons (Fsp3) is 0.476. The van der Waals surface area contributed by atoms with Crippen molar-refractivity contribution in [2.24, 2.45) is 0 Å². The number of aryl methyl sites for hydroxylation is 3. The Hall–Kier alpha value is -2.63.